The van der Waals surface area contributed by atoms with Gasteiger partial charge in [-0.15, -0.1) is 5.10 Å². The number of carbonyl (C=O) groups excluding carboxylic acids is 1. The lowest BCUT2D eigenvalue weighted by atomic mass is 10.1. The average molecular weight is 467 g/mol. The van der Waals surface area contributed by atoms with Gasteiger partial charge in [0.25, 0.3) is 11.7 Å². The smallest absolute Gasteiger partial charge is 0.331 e. The number of halogens is 3. The highest BCUT2D eigenvalue weighted by molar-refractivity contribution is 5.94. The highest BCUT2D eigenvalue weighted by atomic mass is 19.4. The fourth-order valence-electron chi connectivity index (χ4n) is 4.08. The van der Waals surface area contributed by atoms with Gasteiger partial charge in [-0.1, -0.05) is 29.5 Å². The summed E-state index contributed by atoms with van der Waals surface area (Å²) in [7, 11) is 0. The number of carbonyl (C=O) groups is 1. The molecule has 1 amide bonds. The Balaban J connectivity index is 1.19. The second kappa shape index (κ2) is 8.77. The van der Waals surface area contributed by atoms with E-state index >= 15 is 0 Å². The summed E-state index contributed by atoms with van der Waals surface area (Å²) in [5.41, 5.74) is 2.68. The number of H-pyrrole nitrogens is 1. The Morgan fingerprint density at radius 3 is 2.35 bits per heavy atom. The van der Waals surface area contributed by atoms with Crippen molar-refractivity contribution in [2.24, 2.45) is 0 Å². The van der Waals surface area contributed by atoms with Gasteiger partial charge in [0.1, 0.15) is 24.8 Å². The number of aromatic nitrogens is 4. The fraction of sp³-hybridized carbons (Fsp3) is 0.250. The van der Waals surface area contributed by atoms with E-state index < -0.39 is 11.7 Å². The Hall–Kier alpha value is -3.95. The van der Waals surface area contributed by atoms with Gasteiger partial charge in [-0.25, -0.2) is 9.67 Å². The number of benzene rings is 2. The first-order valence-corrected chi connectivity index (χ1v) is 10.9. The number of fused-ring (bicyclic) bond motifs is 1. The molecule has 3 heterocycles. The van der Waals surface area contributed by atoms with Crippen molar-refractivity contribution in [2.75, 3.05) is 31.1 Å². The monoisotopic (exact) mass is 467 g/mol. The predicted molar refractivity (Wildman–Crippen MR) is 119 cm³/mol. The van der Waals surface area contributed by atoms with E-state index in [9.17, 15) is 18.0 Å². The molecule has 4 aromatic rings. The zero-order valence-electron chi connectivity index (χ0n) is 18.2. The largest absolute Gasteiger partial charge is 0.419 e. The van der Waals surface area contributed by atoms with Crippen LogP contribution in [-0.2, 0) is 12.7 Å². The maximum absolute atomic E-state index is 12.9. The highest BCUT2D eigenvalue weighted by Crippen LogP contribution is 2.28. The van der Waals surface area contributed by atoms with Crippen molar-refractivity contribution in [1.82, 2.24) is 19.9 Å². The van der Waals surface area contributed by atoms with Crippen molar-refractivity contribution in [3.05, 3.63) is 83.6 Å². The molecular weight excluding hydrogens is 445 g/mol. The maximum Gasteiger partial charge on any atom is 0.419 e. The molecule has 1 fully saturated rings. The Labute approximate surface area is 193 Å². The number of pyridine rings is 1. The molecule has 1 aliphatic heterocycles. The number of anilines is 1. The van der Waals surface area contributed by atoms with Gasteiger partial charge < -0.3 is 4.90 Å². The summed E-state index contributed by atoms with van der Waals surface area (Å²) in [6, 6.07) is 17.7. The van der Waals surface area contributed by atoms with Gasteiger partial charge in [0.2, 0.25) is 0 Å². The summed E-state index contributed by atoms with van der Waals surface area (Å²) in [6.07, 6.45) is -3.41. The summed E-state index contributed by atoms with van der Waals surface area (Å²) in [5, 5.41) is 8.36. The van der Waals surface area contributed by atoms with Crippen molar-refractivity contribution >= 4 is 22.8 Å². The van der Waals surface area contributed by atoms with E-state index in [-0.39, 0.29) is 5.91 Å². The second-order valence-corrected chi connectivity index (χ2v) is 8.17. The molecule has 1 N–H and O–H groups in total. The van der Waals surface area contributed by atoms with E-state index in [4.69, 9.17) is 0 Å². The van der Waals surface area contributed by atoms with E-state index in [1.54, 1.807) is 4.90 Å². The van der Waals surface area contributed by atoms with Gasteiger partial charge in [-0.05, 0) is 35.9 Å². The first kappa shape index (κ1) is 21.9. The van der Waals surface area contributed by atoms with Crippen LogP contribution in [0.15, 0.2) is 66.9 Å². The molecular formula is C24H22F3N6O+. The van der Waals surface area contributed by atoms with Gasteiger partial charge >= 0.3 is 6.18 Å². The first-order valence-electron chi connectivity index (χ1n) is 10.9. The molecule has 1 saturated heterocycles. The minimum absolute atomic E-state index is 0.0613. The summed E-state index contributed by atoms with van der Waals surface area (Å²) >= 11 is 0. The lowest BCUT2D eigenvalue weighted by Gasteiger charge is -2.31. The molecule has 0 aliphatic carbocycles. The summed E-state index contributed by atoms with van der Waals surface area (Å²) in [4.78, 5) is 19.4. The third kappa shape index (κ3) is 4.43. The molecule has 0 spiro atoms. The molecule has 5 rings (SSSR count). The van der Waals surface area contributed by atoms with Crippen molar-refractivity contribution in [2.45, 2.75) is 12.7 Å². The quantitative estimate of drug-likeness (QED) is 0.462. The first-order chi connectivity index (χ1) is 16.4. The van der Waals surface area contributed by atoms with E-state index in [1.807, 2.05) is 58.1 Å². The van der Waals surface area contributed by atoms with Crippen LogP contribution in [0.4, 0.5) is 19.0 Å². The number of para-hydroxylation sites is 1. The molecule has 174 valence electrons. The van der Waals surface area contributed by atoms with Gasteiger partial charge in [0.15, 0.2) is 0 Å². The number of amides is 1. The number of rotatable bonds is 4. The average Bonchev–Trinajstić information content (AvgIpc) is 3.26. The highest BCUT2D eigenvalue weighted by Gasteiger charge is 2.33. The van der Waals surface area contributed by atoms with Gasteiger partial charge in [-0.3, -0.25) is 9.69 Å². The van der Waals surface area contributed by atoms with Crippen LogP contribution in [0.2, 0.25) is 0 Å². The number of aromatic amines is 1. The van der Waals surface area contributed by atoms with E-state index in [1.165, 1.54) is 6.07 Å². The summed E-state index contributed by atoms with van der Waals surface area (Å²) < 4.78 is 40.1. The lowest BCUT2D eigenvalue weighted by molar-refractivity contribution is -0.367. The molecule has 1 aliphatic rings. The Morgan fingerprint density at radius 2 is 1.68 bits per heavy atom. The van der Waals surface area contributed by atoms with Crippen LogP contribution in [0, 0.1) is 0 Å². The molecule has 2 aromatic carbocycles. The van der Waals surface area contributed by atoms with Crippen LogP contribution in [0.3, 0.4) is 0 Å². The summed E-state index contributed by atoms with van der Waals surface area (Å²) in [6.45, 7) is 2.59. The molecule has 0 radical (unpaired) electrons. The third-order valence-electron chi connectivity index (χ3n) is 5.98. The van der Waals surface area contributed by atoms with Crippen molar-refractivity contribution < 1.29 is 22.9 Å². The van der Waals surface area contributed by atoms with Crippen molar-refractivity contribution in [1.29, 1.82) is 0 Å². The molecule has 0 bridgehead atoms. The van der Waals surface area contributed by atoms with Crippen LogP contribution in [0.5, 0.6) is 0 Å². The van der Waals surface area contributed by atoms with Crippen LogP contribution >= 0.6 is 0 Å². The third-order valence-corrected chi connectivity index (χ3v) is 5.98. The van der Waals surface area contributed by atoms with Gasteiger partial charge in [0, 0.05) is 11.6 Å². The molecule has 34 heavy (non-hydrogen) atoms. The van der Waals surface area contributed by atoms with Crippen LogP contribution in [0.25, 0.3) is 11.0 Å². The maximum atomic E-state index is 12.9. The van der Waals surface area contributed by atoms with Crippen LogP contribution < -0.4 is 9.88 Å². The molecule has 0 atom stereocenters. The number of alkyl halides is 3. The fourth-order valence-corrected chi connectivity index (χ4v) is 4.08. The minimum Gasteiger partial charge on any atom is -0.331 e. The number of piperazine rings is 1. The SMILES string of the molecule is O=C(c1ccc(Cn2nnc3ccccc32)cc1)N1CCN(c2ccc(C(F)(F)F)c[nH+]2)CC1. The van der Waals surface area contributed by atoms with E-state index in [0.717, 1.165) is 28.9 Å². The Kier molecular flexibility index (Phi) is 5.64. The molecule has 7 nitrogen and oxygen atoms in total. The molecule has 2 aromatic heterocycles. The normalized spacial score (nSPS) is 14.6. The van der Waals surface area contributed by atoms with Crippen molar-refractivity contribution in [3.8, 4) is 0 Å². The standard InChI is InChI=1S/C24H21F3N6O/c25-24(26,27)19-9-10-22(28-15-19)31-11-13-32(14-12-31)23(34)18-7-5-17(6-8-18)16-33-21-4-2-1-3-20(21)29-30-33/h1-10,15H,11-14,16H2/p+1. The van der Waals surface area contributed by atoms with Gasteiger partial charge in [0.05, 0.1) is 30.7 Å². The number of nitrogens with zero attached hydrogens (tertiary/aromatic N) is 5. The second-order valence-electron chi connectivity index (χ2n) is 8.17. The van der Waals surface area contributed by atoms with E-state index in [2.05, 4.69) is 15.3 Å². The van der Waals surface area contributed by atoms with Crippen LogP contribution in [-0.4, -0.2) is 52.0 Å². The summed E-state index contributed by atoms with van der Waals surface area (Å²) in [5.74, 6) is 0.541. The molecule has 10 heteroatoms. The van der Waals surface area contributed by atoms with Gasteiger partial charge in [-0.2, -0.15) is 13.2 Å². The van der Waals surface area contributed by atoms with E-state index in [0.29, 0.717) is 44.1 Å². The zero-order valence-corrected chi connectivity index (χ0v) is 18.2. The number of hydrogen-bond donors (Lipinski definition) is 0. The van der Waals surface area contributed by atoms with Crippen LogP contribution in [0.1, 0.15) is 21.5 Å². The van der Waals surface area contributed by atoms with Crippen molar-refractivity contribution in [3.63, 3.8) is 0 Å². The molecule has 0 unspecified atom stereocenters. The Bertz CT molecular complexity index is 1290. The minimum atomic E-state index is -4.38. The number of nitrogens with one attached hydrogen (secondary N) is 1. The topological polar surface area (TPSA) is 68.4 Å². The zero-order chi connectivity index (χ0) is 23.7. The number of hydrogen-bond acceptors (Lipinski definition) is 4. The lowest BCUT2D eigenvalue weighted by Crippen LogP contribution is -2.50. The molecule has 0 saturated carbocycles. The Morgan fingerprint density at radius 1 is 0.941 bits per heavy atom. The predicted octanol–water partition coefficient (Wildman–Crippen LogP) is 3.27.